The Kier molecular flexibility index (Phi) is 4.14. The summed E-state index contributed by atoms with van der Waals surface area (Å²) in [5.74, 6) is 2.22. The van der Waals surface area contributed by atoms with Crippen LogP contribution in [-0.4, -0.2) is 17.1 Å². The van der Waals surface area contributed by atoms with E-state index >= 15 is 0 Å². The van der Waals surface area contributed by atoms with Gasteiger partial charge in [-0.3, -0.25) is 0 Å². The molecule has 0 radical (unpaired) electrons. The number of H-pyrrole nitrogens is 1. The summed E-state index contributed by atoms with van der Waals surface area (Å²) in [6.07, 6.45) is 0. The van der Waals surface area contributed by atoms with E-state index in [-0.39, 0.29) is 0 Å². The third-order valence-electron chi connectivity index (χ3n) is 3.56. The number of nitrogens with two attached hydrogens (primary N) is 1. The van der Waals surface area contributed by atoms with Crippen LogP contribution in [0.3, 0.4) is 0 Å². The Morgan fingerprint density at radius 2 is 2.00 bits per heavy atom. The fourth-order valence-corrected chi connectivity index (χ4v) is 2.49. The average molecular weight is 273 g/mol. The Balaban J connectivity index is 2.64. The van der Waals surface area contributed by atoms with E-state index in [0.29, 0.717) is 12.5 Å². The van der Waals surface area contributed by atoms with E-state index in [4.69, 9.17) is 10.5 Å². The predicted octanol–water partition coefficient (Wildman–Crippen LogP) is 3.28. The van der Waals surface area contributed by atoms with Crippen molar-refractivity contribution in [2.75, 3.05) is 7.11 Å². The molecule has 0 unspecified atom stereocenters. The van der Waals surface area contributed by atoms with Gasteiger partial charge in [-0.25, -0.2) is 4.98 Å². The van der Waals surface area contributed by atoms with Crippen molar-refractivity contribution in [1.29, 1.82) is 0 Å². The highest BCUT2D eigenvalue weighted by Crippen LogP contribution is 2.34. The summed E-state index contributed by atoms with van der Waals surface area (Å²) in [6, 6.07) is 4.25. The van der Waals surface area contributed by atoms with Gasteiger partial charge in [-0.2, -0.15) is 0 Å². The highest BCUT2D eigenvalue weighted by molar-refractivity contribution is 5.69. The van der Waals surface area contributed by atoms with Gasteiger partial charge in [0.2, 0.25) is 0 Å². The molecule has 0 atom stereocenters. The molecule has 0 saturated heterocycles. The lowest BCUT2D eigenvalue weighted by Gasteiger charge is -2.16. The first-order chi connectivity index (χ1) is 9.47. The molecule has 0 fully saturated rings. The summed E-state index contributed by atoms with van der Waals surface area (Å²) in [4.78, 5) is 7.82. The van der Waals surface area contributed by atoms with Crippen LogP contribution in [0.2, 0.25) is 0 Å². The molecular formula is C16H23N3O. The summed E-state index contributed by atoms with van der Waals surface area (Å²) in [5.41, 5.74) is 11.2. The number of aryl methyl sites for hydroxylation is 2. The first-order valence-corrected chi connectivity index (χ1v) is 6.92. The number of ether oxygens (including phenoxy) is 1. The van der Waals surface area contributed by atoms with E-state index in [1.54, 1.807) is 7.11 Å². The minimum Gasteiger partial charge on any atom is -0.496 e. The van der Waals surface area contributed by atoms with Gasteiger partial charge in [-0.05, 0) is 43.0 Å². The highest BCUT2D eigenvalue weighted by Gasteiger charge is 2.16. The van der Waals surface area contributed by atoms with E-state index in [0.717, 1.165) is 34.1 Å². The van der Waals surface area contributed by atoms with E-state index in [9.17, 15) is 0 Å². The van der Waals surface area contributed by atoms with Gasteiger partial charge in [-0.1, -0.05) is 13.8 Å². The number of aromatic nitrogens is 2. The molecular weight excluding hydrogens is 250 g/mol. The molecule has 0 aliphatic carbocycles. The number of aromatic amines is 1. The number of nitrogens with one attached hydrogen (secondary N) is 1. The molecule has 0 spiro atoms. The van der Waals surface area contributed by atoms with Crippen LogP contribution in [0.1, 0.15) is 42.4 Å². The van der Waals surface area contributed by atoms with Crippen LogP contribution in [0.25, 0.3) is 11.3 Å². The zero-order valence-corrected chi connectivity index (χ0v) is 12.9. The van der Waals surface area contributed by atoms with Crippen LogP contribution in [0.5, 0.6) is 5.75 Å². The summed E-state index contributed by atoms with van der Waals surface area (Å²) in [6.45, 7) is 8.81. The van der Waals surface area contributed by atoms with Gasteiger partial charge in [0.25, 0.3) is 0 Å². The van der Waals surface area contributed by atoms with Crippen LogP contribution in [-0.2, 0) is 6.54 Å². The molecule has 0 saturated carbocycles. The second-order valence-electron chi connectivity index (χ2n) is 5.42. The molecule has 0 bridgehead atoms. The molecule has 0 amide bonds. The maximum Gasteiger partial charge on any atom is 0.122 e. The van der Waals surface area contributed by atoms with Crippen molar-refractivity contribution in [3.63, 3.8) is 0 Å². The molecule has 4 heteroatoms. The monoisotopic (exact) mass is 273 g/mol. The minimum absolute atomic E-state index is 0.394. The van der Waals surface area contributed by atoms with E-state index < -0.39 is 0 Å². The normalized spacial score (nSPS) is 11.2. The standard InChI is InChI=1S/C16H23N3O/c1-9(2)12-7-13(10(3)6-15(12)20-5)16-14(8-17)18-11(4)19-16/h6-7,9H,8,17H2,1-5H3,(H,18,19). The average Bonchev–Trinajstić information content (AvgIpc) is 2.78. The third-order valence-corrected chi connectivity index (χ3v) is 3.56. The van der Waals surface area contributed by atoms with Crippen molar-refractivity contribution in [3.05, 3.63) is 34.8 Å². The zero-order chi connectivity index (χ0) is 14.9. The Labute approximate surface area is 120 Å². The van der Waals surface area contributed by atoms with Crippen LogP contribution in [0.4, 0.5) is 0 Å². The second-order valence-corrected chi connectivity index (χ2v) is 5.42. The van der Waals surface area contributed by atoms with Crippen molar-refractivity contribution in [3.8, 4) is 17.0 Å². The lowest BCUT2D eigenvalue weighted by Crippen LogP contribution is -2.01. The van der Waals surface area contributed by atoms with Crippen molar-refractivity contribution in [2.24, 2.45) is 5.73 Å². The SMILES string of the molecule is COc1cc(C)c(-c2nc(C)[nH]c2CN)cc1C(C)C. The lowest BCUT2D eigenvalue weighted by molar-refractivity contribution is 0.407. The summed E-state index contributed by atoms with van der Waals surface area (Å²) in [7, 11) is 1.71. The fraction of sp³-hybridized carbons (Fsp3) is 0.438. The molecule has 4 nitrogen and oxygen atoms in total. The number of imidazole rings is 1. The molecule has 1 aromatic carbocycles. The summed E-state index contributed by atoms with van der Waals surface area (Å²) < 4.78 is 5.49. The zero-order valence-electron chi connectivity index (χ0n) is 12.9. The molecule has 2 aromatic rings. The van der Waals surface area contributed by atoms with E-state index in [2.05, 4.69) is 42.9 Å². The minimum atomic E-state index is 0.394. The number of rotatable bonds is 4. The van der Waals surface area contributed by atoms with Crippen molar-refractivity contribution in [2.45, 2.75) is 40.2 Å². The number of nitrogens with zero attached hydrogens (tertiary/aromatic N) is 1. The maximum absolute atomic E-state index is 5.81. The quantitative estimate of drug-likeness (QED) is 0.898. The lowest BCUT2D eigenvalue weighted by atomic mass is 9.94. The van der Waals surface area contributed by atoms with Crippen LogP contribution >= 0.6 is 0 Å². The molecule has 108 valence electrons. The Hall–Kier alpha value is -1.81. The van der Waals surface area contributed by atoms with Crippen LogP contribution in [0, 0.1) is 13.8 Å². The van der Waals surface area contributed by atoms with E-state index in [1.807, 2.05) is 6.92 Å². The Morgan fingerprint density at radius 3 is 2.55 bits per heavy atom. The molecule has 0 aliphatic rings. The molecule has 20 heavy (non-hydrogen) atoms. The highest BCUT2D eigenvalue weighted by atomic mass is 16.5. The smallest absolute Gasteiger partial charge is 0.122 e. The van der Waals surface area contributed by atoms with Crippen molar-refractivity contribution in [1.82, 2.24) is 9.97 Å². The molecule has 1 heterocycles. The predicted molar refractivity (Wildman–Crippen MR) is 82.0 cm³/mol. The number of benzene rings is 1. The number of methoxy groups -OCH3 is 1. The molecule has 0 aliphatic heterocycles. The third kappa shape index (κ3) is 2.56. The van der Waals surface area contributed by atoms with Crippen LogP contribution < -0.4 is 10.5 Å². The van der Waals surface area contributed by atoms with Crippen molar-refractivity contribution >= 4 is 0 Å². The Bertz CT molecular complexity index is 614. The maximum atomic E-state index is 5.81. The van der Waals surface area contributed by atoms with Gasteiger partial charge in [-0.15, -0.1) is 0 Å². The topological polar surface area (TPSA) is 63.9 Å². The van der Waals surface area contributed by atoms with E-state index in [1.165, 1.54) is 5.56 Å². The largest absolute Gasteiger partial charge is 0.496 e. The Morgan fingerprint density at radius 1 is 1.30 bits per heavy atom. The van der Waals surface area contributed by atoms with Gasteiger partial charge in [0.1, 0.15) is 11.6 Å². The molecule has 1 aromatic heterocycles. The number of hydrogen-bond acceptors (Lipinski definition) is 3. The number of hydrogen-bond donors (Lipinski definition) is 2. The first kappa shape index (κ1) is 14.6. The van der Waals surface area contributed by atoms with Gasteiger partial charge in [0, 0.05) is 12.1 Å². The van der Waals surface area contributed by atoms with Crippen molar-refractivity contribution < 1.29 is 4.74 Å². The fourth-order valence-electron chi connectivity index (χ4n) is 2.49. The second kappa shape index (κ2) is 5.67. The molecule has 2 rings (SSSR count). The summed E-state index contributed by atoms with van der Waals surface area (Å²) in [5, 5.41) is 0. The van der Waals surface area contributed by atoms with Crippen LogP contribution in [0.15, 0.2) is 12.1 Å². The molecule has 3 N–H and O–H groups in total. The van der Waals surface area contributed by atoms with Gasteiger partial charge in [0.15, 0.2) is 0 Å². The van der Waals surface area contributed by atoms with Gasteiger partial charge >= 0.3 is 0 Å². The van der Waals surface area contributed by atoms with Gasteiger partial charge in [0.05, 0.1) is 18.5 Å². The first-order valence-electron chi connectivity index (χ1n) is 6.92. The van der Waals surface area contributed by atoms with Gasteiger partial charge < -0.3 is 15.5 Å². The summed E-state index contributed by atoms with van der Waals surface area (Å²) >= 11 is 0.